The van der Waals surface area contributed by atoms with Gasteiger partial charge in [0, 0.05) is 6.04 Å². The molecule has 0 amide bonds. The van der Waals surface area contributed by atoms with Crippen molar-refractivity contribution in [2.75, 3.05) is 0 Å². The van der Waals surface area contributed by atoms with Crippen molar-refractivity contribution in [1.29, 1.82) is 0 Å². The largest absolute Gasteiger partial charge is 0.504 e. The van der Waals surface area contributed by atoms with Gasteiger partial charge in [0.25, 0.3) is 0 Å². The highest BCUT2D eigenvalue weighted by atomic mass is 35.5. The fourth-order valence-electron chi connectivity index (χ4n) is 1.07. The summed E-state index contributed by atoms with van der Waals surface area (Å²) in [5, 5.41) is 18.1. The second-order valence-electron chi connectivity index (χ2n) is 3.00. The molecule has 1 atom stereocenters. The Morgan fingerprint density at radius 2 is 1.92 bits per heavy atom. The smallest absolute Gasteiger partial charge is 0.157 e. The first kappa shape index (κ1) is 12.1. The second kappa shape index (κ2) is 4.94. The Bertz CT molecular complexity index is 276. The van der Waals surface area contributed by atoms with E-state index in [4.69, 9.17) is 15.9 Å². The van der Waals surface area contributed by atoms with Gasteiger partial charge in [-0.2, -0.15) is 0 Å². The molecule has 1 unspecified atom stereocenters. The van der Waals surface area contributed by atoms with E-state index in [9.17, 15) is 0 Å². The minimum Gasteiger partial charge on any atom is -0.504 e. The van der Waals surface area contributed by atoms with Crippen molar-refractivity contribution in [3.63, 3.8) is 0 Å². The molecule has 0 aliphatic heterocycles. The zero-order valence-electron chi connectivity index (χ0n) is 7.40. The third-order valence-electron chi connectivity index (χ3n) is 1.60. The van der Waals surface area contributed by atoms with Crippen LogP contribution < -0.4 is 5.73 Å². The van der Waals surface area contributed by atoms with Gasteiger partial charge in [-0.25, -0.2) is 0 Å². The maximum Gasteiger partial charge on any atom is 0.157 e. The third-order valence-corrected chi connectivity index (χ3v) is 1.60. The number of phenolic OH excluding ortho intramolecular Hbond substituents is 2. The van der Waals surface area contributed by atoms with E-state index < -0.39 is 0 Å². The van der Waals surface area contributed by atoms with Crippen molar-refractivity contribution in [2.24, 2.45) is 5.73 Å². The highest BCUT2D eigenvalue weighted by molar-refractivity contribution is 5.85. The molecular formula is C9H14ClNO2. The number of aromatic hydroxyl groups is 2. The summed E-state index contributed by atoms with van der Waals surface area (Å²) in [6.07, 6.45) is 0.702. The minimum atomic E-state index is -0.0941. The molecule has 4 N–H and O–H groups in total. The van der Waals surface area contributed by atoms with Crippen molar-refractivity contribution in [3.05, 3.63) is 23.8 Å². The average Bonchev–Trinajstić information content (AvgIpc) is 1.96. The Hall–Kier alpha value is -0.930. The quantitative estimate of drug-likeness (QED) is 0.637. The van der Waals surface area contributed by atoms with Gasteiger partial charge in [-0.3, -0.25) is 0 Å². The van der Waals surface area contributed by atoms with E-state index in [0.717, 1.165) is 5.56 Å². The lowest BCUT2D eigenvalue weighted by Crippen LogP contribution is -2.17. The average molecular weight is 204 g/mol. The lowest BCUT2D eigenvalue weighted by molar-refractivity contribution is 0.403. The van der Waals surface area contributed by atoms with Crippen molar-refractivity contribution in [1.82, 2.24) is 0 Å². The molecule has 0 aliphatic carbocycles. The van der Waals surface area contributed by atoms with Crippen LogP contribution in [0.4, 0.5) is 0 Å². The van der Waals surface area contributed by atoms with E-state index in [-0.39, 0.29) is 29.9 Å². The van der Waals surface area contributed by atoms with Crippen LogP contribution in [-0.2, 0) is 6.42 Å². The molecule has 13 heavy (non-hydrogen) atoms. The molecule has 0 bridgehead atoms. The zero-order chi connectivity index (χ0) is 9.14. The van der Waals surface area contributed by atoms with Crippen LogP contribution in [-0.4, -0.2) is 16.3 Å². The number of hydrogen-bond acceptors (Lipinski definition) is 3. The van der Waals surface area contributed by atoms with Gasteiger partial charge in [0.1, 0.15) is 0 Å². The molecule has 0 saturated heterocycles. The maximum absolute atomic E-state index is 9.12. The van der Waals surface area contributed by atoms with Gasteiger partial charge in [-0.05, 0) is 31.0 Å². The Balaban J connectivity index is 0.00000144. The van der Waals surface area contributed by atoms with Crippen LogP contribution in [0.1, 0.15) is 12.5 Å². The van der Waals surface area contributed by atoms with Crippen LogP contribution in [0.2, 0.25) is 0 Å². The van der Waals surface area contributed by atoms with E-state index in [1.54, 1.807) is 6.07 Å². The number of phenols is 2. The fraction of sp³-hybridized carbons (Fsp3) is 0.333. The normalized spacial score (nSPS) is 11.8. The number of nitrogens with two attached hydrogens (primary N) is 1. The SMILES string of the molecule is CC(N)Cc1ccc(O)c(O)c1.Cl. The van der Waals surface area contributed by atoms with Crippen LogP contribution in [0.3, 0.4) is 0 Å². The third kappa shape index (κ3) is 3.53. The summed E-state index contributed by atoms with van der Waals surface area (Å²) >= 11 is 0. The van der Waals surface area contributed by atoms with Gasteiger partial charge >= 0.3 is 0 Å². The molecule has 1 rings (SSSR count). The molecule has 0 spiro atoms. The van der Waals surface area contributed by atoms with E-state index in [0.29, 0.717) is 6.42 Å². The Morgan fingerprint density at radius 1 is 1.31 bits per heavy atom. The summed E-state index contributed by atoms with van der Waals surface area (Å²) in [6.45, 7) is 1.89. The van der Waals surface area contributed by atoms with Gasteiger partial charge in [-0.15, -0.1) is 12.4 Å². The fourth-order valence-corrected chi connectivity index (χ4v) is 1.07. The van der Waals surface area contributed by atoms with E-state index >= 15 is 0 Å². The van der Waals surface area contributed by atoms with Crippen LogP contribution in [0.5, 0.6) is 11.5 Å². The van der Waals surface area contributed by atoms with Crippen LogP contribution in [0.15, 0.2) is 18.2 Å². The molecule has 4 heteroatoms. The summed E-state index contributed by atoms with van der Waals surface area (Å²) in [5.74, 6) is -0.184. The summed E-state index contributed by atoms with van der Waals surface area (Å²) in [6, 6.07) is 4.80. The Labute approximate surface area is 83.6 Å². The number of hydrogen-bond donors (Lipinski definition) is 3. The summed E-state index contributed by atoms with van der Waals surface area (Å²) in [7, 11) is 0. The molecule has 0 aromatic heterocycles. The van der Waals surface area contributed by atoms with Crippen molar-refractivity contribution < 1.29 is 10.2 Å². The molecule has 3 nitrogen and oxygen atoms in total. The van der Waals surface area contributed by atoms with Crippen LogP contribution in [0, 0.1) is 0 Å². The second-order valence-corrected chi connectivity index (χ2v) is 3.00. The van der Waals surface area contributed by atoms with E-state index in [1.807, 2.05) is 6.92 Å². The zero-order valence-corrected chi connectivity index (χ0v) is 8.21. The van der Waals surface area contributed by atoms with E-state index in [2.05, 4.69) is 0 Å². The number of halogens is 1. The molecule has 74 valence electrons. The van der Waals surface area contributed by atoms with Gasteiger partial charge in [-0.1, -0.05) is 6.07 Å². The van der Waals surface area contributed by atoms with E-state index in [1.165, 1.54) is 12.1 Å². The molecule has 0 fully saturated rings. The van der Waals surface area contributed by atoms with Crippen LogP contribution in [0.25, 0.3) is 0 Å². The number of benzene rings is 1. The molecule has 1 aromatic rings. The molecule has 0 aliphatic rings. The Kier molecular flexibility index (Phi) is 4.59. The highest BCUT2D eigenvalue weighted by Gasteiger charge is 2.02. The predicted molar refractivity (Wildman–Crippen MR) is 54.4 cm³/mol. The van der Waals surface area contributed by atoms with Crippen LogP contribution >= 0.6 is 12.4 Å². The highest BCUT2D eigenvalue weighted by Crippen LogP contribution is 2.25. The molecule has 0 heterocycles. The predicted octanol–water partition coefficient (Wildman–Crippen LogP) is 1.41. The van der Waals surface area contributed by atoms with Gasteiger partial charge in [0.05, 0.1) is 0 Å². The molecule has 1 aromatic carbocycles. The lowest BCUT2D eigenvalue weighted by atomic mass is 10.1. The monoisotopic (exact) mass is 203 g/mol. The maximum atomic E-state index is 9.12. The topological polar surface area (TPSA) is 66.5 Å². The molecule has 0 radical (unpaired) electrons. The molecular weight excluding hydrogens is 190 g/mol. The summed E-state index contributed by atoms with van der Waals surface area (Å²) in [5.41, 5.74) is 6.50. The first-order valence-corrected chi connectivity index (χ1v) is 3.86. The first-order valence-electron chi connectivity index (χ1n) is 3.86. The number of rotatable bonds is 2. The van der Waals surface area contributed by atoms with Gasteiger partial charge in [0.15, 0.2) is 11.5 Å². The van der Waals surface area contributed by atoms with Gasteiger partial charge < -0.3 is 15.9 Å². The minimum absolute atomic E-state index is 0. The summed E-state index contributed by atoms with van der Waals surface area (Å²) < 4.78 is 0. The summed E-state index contributed by atoms with van der Waals surface area (Å²) in [4.78, 5) is 0. The standard InChI is InChI=1S/C9H13NO2.ClH/c1-6(10)4-7-2-3-8(11)9(12)5-7;/h2-3,5-6,11-12H,4,10H2,1H3;1H. The van der Waals surface area contributed by atoms with Gasteiger partial charge in [0.2, 0.25) is 0 Å². The Morgan fingerprint density at radius 3 is 2.38 bits per heavy atom. The lowest BCUT2D eigenvalue weighted by Gasteiger charge is -2.05. The van der Waals surface area contributed by atoms with Crippen molar-refractivity contribution in [2.45, 2.75) is 19.4 Å². The van der Waals surface area contributed by atoms with Crippen molar-refractivity contribution >= 4 is 12.4 Å². The van der Waals surface area contributed by atoms with Crippen molar-refractivity contribution in [3.8, 4) is 11.5 Å². The first-order chi connectivity index (χ1) is 5.59. The molecule has 0 saturated carbocycles.